The number of rotatable bonds is 5. The SMILES string of the molecule is O=C(NC1CCC1)c1ccc(-c2cc(=NC3CC3)n3nc/c(=C\c4[nH]c(=O)[nH]c4O)c3n2)s1. The second-order valence-electron chi connectivity index (χ2n) is 8.45. The average Bonchev–Trinajstić information content (AvgIpc) is 3.15. The highest BCUT2D eigenvalue weighted by Crippen LogP contribution is 2.28. The molecule has 11 heteroatoms. The summed E-state index contributed by atoms with van der Waals surface area (Å²) < 4.78 is 1.66. The predicted octanol–water partition coefficient (Wildman–Crippen LogP) is 1.07. The van der Waals surface area contributed by atoms with Crippen LogP contribution in [0.4, 0.5) is 0 Å². The number of hydrogen-bond acceptors (Lipinski definition) is 7. The van der Waals surface area contributed by atoms with Crippen LogP contribution in [0.1, 0.15) is 47.5 Å². The molecule has 0 aromatic carbocycles. The monoisotopic (exact) mass is 463 g/mol. The summed E-state index contributed by atoms with van der Waals surface area (Å²) in [6.07, 6.45) is 8.56. The minimum Gasteiger partial charge on any atom is -0.493 e. The van der Waals surface area contributed by atoms with E-state index in [1.807, 2.05) is 18.2 Å². The van der Waals surface area contributed by atoms with Crippen molar-refractivity contribution in [2.75, 3.05) is 0 Å². The first-order chi connectivity index (χ1) is 16.0. The summed E-state index contributed by atoms with van der Waals surface area (Å²) in [4.78, 5) is 40.0. The molecule has 0 bridgehead atoms. The van der Waals surface area contributed by atoms with Gasteiger partial charge in [-0.15, -0.1) is 11.3 Å². The Kier molecular flexibility index (Phi) is 4.64. The molecule has 33 heavy (non-hydrogen) atoms. The lowest BCUT2D eigenvalue weighted by atomic mass is 9.93. The molecule has 0 aliphatic heterocycles. The van der Waals surface area contributed by atoms with Gasteiger partial charge in [0.15, 0.2) is 11.1 Å². The number of nitrogens with one attached hydrogen (secondary N) is 3. The lowest BCUT2D eigenvalue weighted by Crippen LogP contribution is -2.39. The Bertz CT molecular complexity index is 1550. The standard InChI is InChI=1S/C22H21N7O3S/c30-20-15(27-22(32)28-20)8-11-10-23-29-18(24-13-4-5-13)9-14(26-19(11)29)16-6-7-17(33-16)21(31)25-12-2-1-3-12/h6-10,12-13,30H,1-5H2,(H,25,31)(H2,27,28,32)/b11-8+,24-18?. The number of aromatic nitrogens is 5. The number of nitrogens with zero attached hydrogens (tertiary/aromatic N) is 4. The van der Waals surface area contributed by atoms with E-state index in [4.69, 9.17) is 9.98 Å². The van der Waals surface area contributed by atoms with E-state index in [2.05, 4.69) is 20.4 Å². The molecule has 6 rings (SSSR count). The molecule has 0 atom stereocenters. The number of hydrogen-bond donors (Lipinski definition) is 4. The van der Waals surface area contributed by atoms with Gasteiger partial charge in [-0.25, -0.2) is 9.78 Å². The molecule has 0 spiro atoms. The van der Waals surface area contributed by atoms with Crippen LogP contribution < -0.4 is 21.7 Å². The molecule has 168 valence electrons. The zero-order chi connectivity index (χ0) is 22.5. The Labute approximate surface area is 190 Å². The van der Waals surface area contributed by atoms with E-state index in [0.717, 1.165) is 37.0 Å². The number of aromatic amines is 2. The summed E-state index contributed by atoms with van der Waals surface area (Å²) in [7, 11) is 0. The lowest BCUT2D eigenvalue weighted by Gasteiger charge is -2.25. The van der Waals surface area contributed by atoms with Crippen molar-refractivity contribution < 1.29 is 9.90 Å². The van der Waals surface area contributed by atoms with Gasteiger partial charge in [0.05, 0.1) is 27.7 Å². The molecule has 4 aromatic heterocycles. The number of imidazole rings is 1. The smallest absolute Gasteiger partial charge is 0.326 e. The molecule has 0 radical (unpaired) electrons. The maximum atomic E-state index is 12.6. The molecule has 0 unspecified atom stereocenters. The fourth-order valence-corrected chi connectivity index (χ4v) is 4.60. The highest BCUT2D eigenvalue weighted by atomic mass is 32.1. The van der Waals surface area contributed by atoms with Gasteiger partial charge >= 0.3 is 5.69 Å². The van der Waals surface area contributed by atoms with Crippen LogP contribution in [0.3, 0.4) is 0 Å². The van der Waals surface area contributed by atoms with Crippen LogP contribution in [0, 0.1) is 0 Å². The summed E-state index contributed by atoms with van der Waals surface area (Å²) in [5, 5.41) is 18.1. The normalized spacial score (nSPS) is 17.6. The Morgan fingerprint density at radius 2 is 2.12 bits per heavy atom. The summed E-state index contributed by atoms with van der Waals surface area (Å²) in [5.74, 6) is -0.302. The van der Waals surface area contributed by atoms with Gasteiger partial charge in [0.1, 0.15) is 5.69 Å². The van der Waals surface area contributed by atoms with Gasteiger partial charge in [0, 0.05) is 17.3 Å². The third kappa shape index (κ3) is 3.84. The van der Waals surface area contributed by atoms with Crippen molar-refractivity contribution in [1.82, 2.24) is 29.9 Å². The third-order valence-corrected chi connectivity index (χ3v) is 7.01. The van der Waals surface area contributed by atoms with Gasteiger partial charge in [-0.3, -0.25) is 14.8 Å². The first-order valence-electron chi connectivity index (χ1n) is 10.9. The number of carbonyl (C=O) groups is 1. The molecule has 1 amide bonds. The van der Waals surface area contributed by atoms with E-state index >= 15 is 0 Å². The van der Waals surface area contributed by atoms with Crippen LogP contribution in [-0.2, 0) is 0 Å². The van der Waals surface area contributed by atoms with Crippen LogP contribution in [-0.4, -0.2) is 47.7 Å². The molecule has 4 aromatic rings. The molecule has 0 saturated heterocycles. The molecule has 2 fully saturated rings. The molecule has 2 aliphatic rings. The first-order valence-corrected chi connectivity index (χ1v) is 11.7. The van der Waals surface area contributed by atoms with Gasteiger partial charge in [0.2, 0.25) is 5.88 Å². The van der Waals surface area contributed by atoms with E-state index in [1.165, 1.54) is 11.3 Å². The zero-order valence-electron chi connectivity index (χ0n) is 17.5. The maximum Gasteiger partial charge on any atom is 0.326 e. The summed E-state index contributed by atoms with van der Waals surface area (Å²) in [6.45, 7) is 0. The summed E-state index contributed by atoms with van der Waals surface area (Å²) in [5.41, 5.74) is 1.66. The number of fused-ring (bicyclic) bond motifs is 1. The van der Waals surface area contributed by atoms with E-state index in [-0.39, 0.29) is 29.6 Å². The van der Waals surface area contributed by atoms with Crippen LogP contribution in [0.15, 0.2) is 34.2 Å². The highest BCUT2D eigenvalue weighted by Gasteiger charge is 2.22. The Morgan fingerprint density at radius 1 is 1.27 bits per heavy atom. The van der Waals surface area contributed by atoms with Gasteiger partial charge < -0.3 is 15.4 Å². The van der Waals surface area contributed by atoms with E-state index in [9.17, 15) is 14.7 Å². The molecule has 10 nitrogen and oxygen atoms in total. The number of amides is 1. The molecule has 2 aliphatic carbocycles. The van der Waals surface area contributed by atoms with E-state index < -0.39 is 5.69 Å². The molecule has 2 saturated carbocycles. The van der Waals surface area contributed by atoms with Crippen molar-refractivity contribution in [1.29, 1.82) is 0 Å². The van der Waals surface area contributed by atoms with Crippen LogP contribution in [0.5, 0.6) is 5.88 Å². The van der Waals surface area contributed by atoms with Crippen molar-refractivity contribution in [2.24, 2.45) is 4.99 Å². The van der Waals surface area contributed by atoms with Crippen LogP contribution >= 0.6 is 11.3 Å². The maximum absolute atomic E-state index is 12.6. The molecule has 4 N–H and O–H groups in total. The van der Waals surface area contributed by atoms with Crippen molar-refractivity contribution >= 4 is 29.0 Å². The Hall–Kier alpha value is -3.73. The zero-order valence-corrected chi connectivity index (χ0v) is 18.4. The fourth-order valence-electron chi connectivity index (χ4n) is 3.73. The van der Waals surface area contributed by atoms with Crippen LogP contribution in [0.25, 0.3) is 22.3 Å². The molecule has 4 heterocycles. The van der Waals surface area contributed by atoms with Gasteiger partial charge in [-0.2, -0.15) is 9.61 Å². The van der Waals surface area contributed by atoms with Crippen molar-refractivity contribution in [2.45, 2.75) is 44.2 Å². The number of aromatic hydroxyl groups is 1. The minimum absolute atomic E-state index is 0.0508. The van der Waals surface area contributed by atoms with Gasteiger partial charge in [-0.1, -0.05) is 0 Å². The quantitative estimate of drug-likeness (QED) is 0.350. The predicted molar refractivity (Wildman–Crippen MR) is 122 cm³/mol. The Balaban J connectivity index is 1.45. The molecular formula is C22H21N7O3S. The fraction of sp³-hybridized carbons (Fsp3) is 0.318. The van der Waals surface area contributed by atoms with Crippen LogP contribution in [0.2, 0.25) is 0 Å². The highest BCUT2D eigenvalue weighted by molar-refractivity contribution is 7.17. The first kappa shape index (κ1) is 19.9. The third-order valence-electron chi connectivity index (χ3n) is 5.90. The molecular weight excluding hydrogens is 442 g/mol. The number of H-pyrrole nitrogens is 2. The van der Waals surface area contributed by atoms with Crippen molar-refractivity contribution in [3.8, 4) is 16.5 Å². The second kappa shape index (κ2) is 7.69. The van der Waals surface area contributed by atoms with Crippen molar-refractivity contribution in [3.05, 3.63) is 56.2 Å². The van der Waals surface area contributed by atoms with E-state index in [0.29, 0.717) is 26.9 Å². The average molecular weight is 464 g/mol. The Morgan fingerprint density at radius 3 is 2.82 bits per heavy atom. The summed E-state index contributed by atoms with van der Waals surface area (Å²) in [6, 6.07) is 6.16. The van der Waals surface area contributed by atoms with E-state index in [1.54, 1.807) is 16.8 Å². The topological polar surface area (TPSA) is 141 Å². The number of carbonyl (C=O) groups excluding carboxylic acids is 1. The summed E-state index contributed by atoms with van der Waals surface area (Å²) >= 11 is 1.39. The second-order valence-corrected chi connectivity index (χ2v) is 9.53. The largest absolute Gasteiger partial charge is 0.493 e. The lowest BCUT2D eigenvalue weighted by molar-refractivity contribution is 0.0921. The van der Waals surface area contributed by atoms with Gasteiger partial charge in [0.25, 0.3) is 5.91 Å². The number of thiophene rings is 1. The van der Waals surface area contributed by atoms with Crippen molar-refractivity contribution in [3.63, 3.8) is 0 Å². The minimum atomic E-state index is -0.500. The van der Waals surface area contributed by atoms with Gasteiger partial charge in [-0.05, 0) is 50.3 Å².